The molecule has 11 nitrogen and oxygen atoms in total. The summed E-state index contributed by atoms with van der Waals surface area (Å²) in [6.07, 6.45) is 3.18. The smallest absolute Gasteiger partial charge is 0.332 e. The number of rotatable bonds is 11. The van der Waals surface area contributed by atoms with Crippen LogP contribution in [-0.4, -0.2) is 74.5 Å². The largest absolute Gasteiger partial charge is 0.467 e. The number of likely N-dealkylation sites (tertiary alicyclic amines) is 1. The van der Waals surface area contributed by atoms with Crippen molar-refractivity contribution < 1.29 is 41.3 Å². The van der Waals surface area contributed by atoms with Crippen LogP contribution in [0, 0.1) is 29.1 Å². The molecule has 0 radical (unpaired) electrons. The number of carbonyl (C=O) groups excluding carboxylic acids is 4. The summed E-state index contributed by atoms with van der Waals surface area (Å²) in [7, 11) is -3.02. The summed E-state index contributed by atoms with van der Waals surface area (Å²) in [5, 5.41) is 2.76. The lowest BCUT2D eigenvalue weighted by Crippen LogP contribution is -2.54. The molecule has 4 aliphatic rings. The molecule has 1 aromatic rings. The predicted octanol–water partition coefficient (Wildman–Crippen LogP) is 3.75. The van der Waals surface area contributed by atoms with Crippen LogP contribution in [0.5, 0.6) is 0 Å². The first-order chi connectivity index (χ1) is 21.1. The molecule has 1 aliphatic heterocycles. The SMILES string of the molecule is C=C[C@@H]1C[C@]1(NC(=O)[C@@H]1C[C@H](OS(=O)(=O)c2ccc(Br)cc2)CN1C(=O)[C@@H](CC(=O)OC1C[C@@H]2C[C@@H]2C1)C(C)(C)C)C(=O)OC. The van der Waals surface area contributed by atoms with Crippen LogP contribution in [-0.2, 0) is 43.0 Å². The van der Waals surface area contributed by atoms with Crippen molar-refractivity contribution in [1.29, 1.82) is 0 Å². The topological polar surface area (TPSA) is 145 Å². The van der Waals surface area contributed by atoms with Gasteiger partial charge in [-0.3, -0.25) is 18.6 Å². The van der Waals surface area contributed by atoms with Crippen molar-refractivity contribution in [2.45, 2.75) is 88.0 Å². The maximum absolute atomic E-state index is 14.3. The van der Waals surface area contributed by atoms with Crippen molar-refractivity contribution in [3.8, 4) is 0 Å². The minimum absolute atomic E-state index is 0.0761. The fourth-order valence-corrected chi connectivity index (χ4v) is 8.15. The van der Waals surface area contributed by atoms with E-state index in [9.17, 15) is 27.6 Å². The Kier molecular flexibility index (Phi) is 9.29. The van der Waals surface area contributed by atoms with Crippen molar-refractivity contribution in [2.24, 2.45) is 29.1 Å². The van der Waals surface area contributed by atoms with Gasteiger partial charge in [-0.2, -0.15) is 8.42 Å². The first kappa shape index (κ1) is 33.6. The average molecular weight is 710 g/mol. The van der Waals surface area contributed by atoms with Gasteiger partial charge in [0.05, 0.1) is 30.4 Å². The van der Waals surface area contributed by atoms with Gasteiger partial charge in [-0.15, -0.1) is 6.58 Å². The summed E-state index contributed by atoms with van der Waals surface area (Å²) in [5.74, 6) is -2.23. The Morgan fingerprint density at radius 3 is 2.29 bits per heavy atom. The Bertz CT molecular complexity index is 1460. The second-order valence-electron chi connectivity index (χ2n) is 13.8. The molecule has 5 rings (SSSR count). The van der Waals surface area contributed by atoms with Crippen LogP contribution in [0.4, 0.5) is 0 Å². The van der Waals surface area contributed by atoms with Gasteiger partial charge in [-0.05, 0) is 67.2 Å². The van der Waals surface area contributed by atoms with Crippen molar-refractivity contribution in [2.75, 3.05) is 13.7 Å². The van der Waals surface area contributed by atoms with Crippen LogP contribution in [0.3, 0.4) is 0 Å². The Morgan fingerprint density at radius 1 is 1.09 bits per heavy atom. The van der Waals surface area contributed by atoms with E-state index >= 15 is 0 Å². The van der Waals surface area contributed by atoms with Gasteiger partial charge in [0.25, 0.3) is 10.1 Å². The summed E-state index contributed by atoms with van der Waals surface area (Å²) >= 11 is 3.28. The molecule has 0 spiro atoms. The Labute approximate surface area is 272 Å². The van der Waals surface area contributed by atoms with Gasteiger partial charge in [0.1, 0.15) is 17.7 Å². The lowest BCUT2D eigenvalue weighted by atomic mass is 9.77. The van der Waals surface area contributed by atoms with Crippen LogP contribution >= 0.6 is 15.9 Å². The van der Waals surface area contributed by atoms with E-state index in [4.69, 9.17) is 13.7 Å². The molecule has 3 aliphatic carbocycles. The highest BCUT2D eigenvalue weighted by Gasteiger charge is 2.62. The number of nitrogens with zero attached hydrogens (tertiary/aromatic N) is 1. The minimum Gasteiger partial charge on any atom is -0.467 e. The number of carbonyl (C=O) groups is 4. The number of esters is 2. The summed E-state index contributed by atoms with van der Waals surface area (Å²) in [4.78, 5) is 55.0. The van der Waals surface area contributed by atoms with Gasteiger partial charge in [0, 0.05) is 23.4 Å². The normalized spacial score (nSPS) is 31.0. The van der Waals surface area contributed by atoms with Gasteiger partial charge in [-0.25, -0.2) is 4.79 Å². The second kappa shape index (κ2) is 12.4. The zero-order valence-corrected chi connectivity index (χ0v) is 28.4. The third-order valence-corrected chi connectivity index (χ3v) is 11.5. The van der Waals surface area contributed by atoms with E-state index in [1.54, 1.807) is 18.2 Å². The molecule has 1 N–H and O–H groups in total. The molecular weight excluding hydrogens is 668 g/mol. The number of fused-ring (bicyclic) bond motifs is 1. The number of benzene rings is 1. The zero-order valence-electron chi connectivity index (χ0n) is 26.0. The fraction of sp³-hybridized carbons (Fsp3) is 0.625. The highest BCUT2D eigenvalue weighted by atomic mass is 79.9. The number of halogens is 1. The molecule has 8 atom stereocenters. The number of methoxy groups -OCH3 is 1. The Balaban J connectivity index is 1.37. The van der Waals surface area contributed by atoms with E-state index in [1.165, 1.54) is 30.6 Å². The monoisotopic (exact) mass is 708 g/mol. The molecular formula is C32H41BrN2O9S. The summed E-state index contributed by atoms with van der Waals surface area (Å²) < 4.78 is 43.3. The molecule has 1 aromatic carbocycles. The molecule has 13 heteroatoms. The van der Waals surface area contributed by atoms with Crippen LogP contribution in [0.2, 0.25) is 0 Å². The van der Waals surface area contributed by atoms with E-state index < -0.39 is 62.9 Å². The quantitative estimate of drug-likeness (QED) is 0.206. The highest BCUT2D eigenvalue weighted by molar-refractivity contribution is 9.10. The standard InChI is InChI=1S/C32H41BrN2O9S/c1-6-20-16-32(20,30(39)42-5)34-28(37)26-14-23(44-45(40,41)24-9-7-21(33)8-10-24)17-35(26)29(38)25(31(2,3)4)15-27(36)43-22-12-18-11-19(18)13-22/h6-10,18-20,22-23,25-26H,1,11-17H2,2-5H3,(H,34,37)/t18-,19+,20-,22?,23+,25-,26+,32-/m1/s1. The van der Waals surface area contributed by atoms with Gasteiger partial charge >= 0.3 is 11.9 Å². The molecule has 1 heterocycles. The van der Waals surface area contributed by atoms with Crippen LogP contribution < -0.4 is 5.32 Å². The lowest BCUT2D eigenvalue weighted by Gasteiger charge is -2.35. The van der Waals surface area contributed by atoms with E-state index in [-0.39, 0.29) is 42.7 Å². The Hall–Kier alpha value is -2.77. The number of ether oxygens (including phenoxy) is 2. The number of hydrogen-bond acceptors (Lipinski definition) is 9. The first-order valence-corrected chi connectivity index (χ1v) is 17.5. The van der Waals surface area contributed by atoms with Crippen molar-refractivity contribution in [3.05, 3.63) is 41.4 Å². The van der Waals surface area contributed by atoms with Gasteiger partial charge in [0.2, 0.25) is 11.8 Å². The molecule has 1 saturated heterocycles. The van der Waals surface area contributed by atoms with E-state index in [2.05, 4.69) is 27.8 Å². The average Bonchev–Trinajstić information content (AvgIpc) is 3.78. The Morgan fingerprint density at radius 2 is 1.73 bits per heavy atom. The lowest BCUT2D eigenvalue weighted by molar-refractivity contribution is -0.157. The highest BCUT2D eigenvalue weighted by Crippen LogP contribution is 2.52. The van der Waals surface area contributed by atoms with Crippen molar-refractivity contribution in [3.63, 3.8) is 0 Å². The number of hydrogen-bond donors (Lipinski definition) is 1. The minimum atomic E-state index is -4.25. The van der Waals surface area contributed by atoms with Crippen molar-refractivity contribution in [1.82, 2.24) is 10.2 Å². The van der Waals surface area contributed by atoms with Crippen LogP contribution in [0.15, 0.2) is 46.3 Å². The first-order valence-electron chi connectivity index (χ1n) is 15.3. The second-order valence-corrected chi connectivity index (χ2v) is 16.3. The molecule has 45 heavy (non-hydrogen) atoms. The molecule has 4 fully saturated rings. The number of amides is 2. The number of nitrogens with one attached hydrogen (secondary N) is 1. The molecule has 0 aromatic heterocycles. The molecule has 2 amide bonds. The maximum atomic E-state index is 14.3. The molecule has 0 bridgehead atoms. The molecule has 3 saturated carbocycles. The zero-order chi connectivity index (χ0) is 32.9. The summed E-state index contributed by atoms with van der Waals surface area (Å²) in [5.41, 5.74) is -2.02. The van der Waals surface area contributed by atoms with E-state index in [1.807, 2.05) is 20.8 Å². The van der Waals surface area contributed by atoms with Gasteiger partial charge in [-0.1, -0.05) is 42.8 Å². The summed E-state index contributed by atoms with van der Waals surface area (Å²) in [6, 6.07) is 4.74. The van der Waals surface area contributed by atoms with Gasteiger partial charge in [0.15, 0.2) is 0 Å². The predicted molar refractivity (Wildman–Crippen MR) is 166 cm³/mol. The fourth-order valence-electron chi connectivity index (χ4n) is 6.80. The van der Waals surface area contributed by atoms with Crippen LogP contribution in [0.25, 0.3) is 0 Å². The molecule has 246 valence electrons. The third kappa shape index (κ3) is 7.15. The summed E-state index contributed by atoms with van der Waals surface area (Å²) in [6.45, 7) is 9.01. The molecule has 1 unspecified atom stereocenters. The van der Waals surface area contributed by atoms with Crippen molar-refractivity contribution >= 4 is 49.8 Å². The van der Waals surface area contributed by atoms with E-state index in [0.717, 1.165) is 12.8 Å². The van der Waals surface area contributed by atoms with Gasteiger partial charge < -0.3 is 19.7 Å². The maximum Gasteiger partial charge on any atom is 0.332 e. The third-order valence-electron chi connectivity index (χ3n) is 9.62. The van der Waals surface area contributed by atoms with E-state index in [0.29, 0.717) is 16.3 Å². The van der Waals surface area contributed by atoms with Crippen LogP contribution in [0.1, 0.15) is 59.3 Å².